The van der Waals surface area contributed by atoms with Gasteiger partial charge >= 0.3 is 0 Å². The quantitative estimate of drug-likeness (QED) is 0.372. The van der Waals surface area contributed by atoms with Crippen LogP contribution in [0, 0.1) is 13.8 Å². The van der Waals surface area contributed by atoms with Crippen molar-refractivity contribution in [2.24, 2.45) is 5.10 Å². The highest BCUT2D eigenvalue weighted by atomic mass is 32.2. The Hall–Kier alpha value is -3.85. The number of aryl methyl sites for hydroxylation is 2. The fraction of sp³-hybridized carbons (Fsp3) is 0.200. The van der Waals surface area contributed by atoms with Gasteiger partial charge in [-0.25, -0.2) is 13.8 Å². The van der Waals surface area contributed by atoms with Crippen molar-refractivity contribution in [3.05, 3.63) is 83.4 Å². The Morgan fingerprint density at radius 3 is 2.15 bits per heavy atom. The first-order valence-electron chi connectivity index (χ1n) is 10.4. The minimum atomic E-state index is -3.99. The lowest BCUT2D eigenvalue weighted by Crippen LogP contribution is -2.39. The van der Waals surface area contributed by atoms with Gasteiger partial charge in [-0.1, -0.05) is 35.4 Å². The van der Waals surface area contributed by atoms with Gasteiger partial charge in [0.05, 0.1) is 31.0 Å². The number of nitrogens with zero attached hydrogens (tertiary/aromatic N) is 2. The molecule has 3 aromatic rings. The molecule has 0 radical (unpaired) electrons. The van der Waals surface area contributed by atoms with Crippen LogP contribution in [-0.2, 0) is 14.8 Å². The van der Waals surface area contributed by atoms with Crippen molar-refractivity contribution < 1.29 is 22.7 Å². The van der Waals surface area contributed by atoms with Crippen molar-refractivity contribution in [3.8, 4) is 11.5 Å². The summed E-state index contributed by atoms with van der Waals surface area (Å²) in [6.45, 7) is 3.32. The lowest BCUT2D eigenvalue weighted by molar-refractivity contribution is -0.119. The van der Waals surface area contributed by atoms with E-state index in [0.29, 0.717) is 22.7 Å². The molecular weight excluding hydrogens is 454 g/mol. The second-order valence-corrected chi connectivity index (χ2v) is 9.42. The van der Waals surface area contributed by atoms with Gasteiger partial charge in [0.15, 0.2) is 0 Å². The summed E-state index contributed by atoms with van der Waals surface area (Å²) in [6, 6.07) is 18.6. The van der Waals surface area contributed by atoms with Crippen LogP contribution in [0.15, 0.2) is 76.7 Å². The van der Waals surface area contributed by atoms with Gasteiger partial charge in [0.2, 0.25) is 0 Å². The number of carbonyl (C=O) groups is 1. The third-order valence-corrected chi connectivity index (χ3v) is 6.84. The molecule has 1 N–H and O–H groups in total. The molecule has 0 atom stereocenters. The molecule has 0 aliphatic heterocycles. The molecule has 0 aromatic heterocycles. The van der Waals surface area contributed by atoms with Crippen molar-refractivity contribution in [1.82, 2.24) is 5.43 Å². The first kappa shape index (κ1) is 24.8. The standard InChI is InChI=1S/C25H27N3O5S/c1-18-5-10-21(11-6-18)28(34(30,31)23-13-7-19(2)8-14-23)17-25(29)27-26-16-20-9-12-22(32-3)15-24(20)33-4/h5-16H,17H2,1-4H3,(H,27,29)/b26-16-. The van der Waals surface area contributed by atoms with Crippen molar-refractivity contribution in [2.45, 2.75) is 18.7 Å². The molecule has 3 rings (SSSR count). The van der Waals surface area contributed by atoms with E-state index < -0.39 is 22.5 Å². The highest BCUT2D eigenvalue weighted by Crippen LogP contribution is 2.25. The number of hydrogen-bond donors (Lipinski definition) is 1. The fourth-order valence-electron chi connectivity index (χ4n) is 3.13. The Bertz CT molecular complexity index is 1270. The summed E-state index contributed by atoms with van der Waals surface area (Å²) in [7, 11) is -0.925. The van der Waals surface area contributed by atoms with Gasteiger partial charge in [-0.05, 0) is 50.2 Å². The summed E-state index contributed by atoms with van der Waals surface area (Å²) in [5.41, 5.74) is 5.29. The second kappa shape index (κ2) is 10.8. The number of methoxy groups -OCH3 is 2. The van der Waals surface area contributed by atoms with Crippen LogP contribution in [0.25, 0.3) is 0 Å². The summed E-state index contributed by atoms with van der Waals surface area (Å²) in [5, 5.41) is 3.97. The Kier molecular flexibility index (Phi) is 7.91. The molecule has 178 valence electrons. The highest BCUT2D eigenvalue weighted by molar-refractivity contribution is 7.92. The zero-order chi connectivity index (χ0) is 24.7. The molecule has 9 heteroatoms. The van der Waals surface area contributed by atoms with Gasteiger partial charge < -0.3 is 9.47 Å². The number of nitrogens with one attached hydrogen (secondary N) is 1. The van der Waals surface area contributed by atoms with Crippen LogP contribution in [0.4, 0.5) is 5.69 Å². The van der Waals surface area contributed by atoms with Crippen molar-refractivity contribution in [1.29, 1.82) is 0 Å². The molecule has 0 bridgehead atoms. The first-order chi connectivity index (χ1) is 16.2. The molecule has 3 aromatic carbocycles. The number of rotatable bonds is 9. The number of hydrazone groups is 1. The predicted molar refractivity (Wildman–Crippen MR) is 132 cm³/mol. The lowest BCUT2D eigenvalue weighted by Gasteiger charge is -2.24. The molecule has 0 unspecified atom stereocenters. The number of benzene rings is 3. The average Bonchev–Trinajstić information content (AvgIpc) is 2.83. The largest absolute Gasteiger partial charge is 0.497 e. The molecule has 0 spiro atoms. The number of ether oxygens (including phenoxy) is 2. The van der Waals surface area contributed by atoms with Gasteiger partial charge in [-0.3, -0.25) is 9.10 Å². The maximum atomic E-state index is 13.4. The summed E-state index contributed by atoms with van der Waals surface area (Å²) in [6.07, 6.45) is 1.42. The van der Waals surface area contributed by atoms with Crippen LogP contribution in [0.2, 0.25) is 0 Å². The molecule has 0 saturated carbocycles. The van der Waals surface area contributed by atoms with E-state index in [9.17, 15) is 13.2 Å². The molecule has 0 aliphatic carbocycles. The van der Waals surface area contributed by atoms with Gasteiger partial charge in [0, 0.05) is 11.6 Å². The molecular formula is C25H27N3O5S. The van der Waals surface area contributed by atoms with Gasteiger partial charge in [0.1, 0.15) is 18.0 Å². The van der Waals surface area contributed by atoms with Gasteiger partial charge in [0.25, 0.3) is 15.9 Å². The van der Waals surface area contributed by atoms with E-state index in [4.69, 9.17) is 9.47 Å². The smallest absolute Gasteiger partial charge is 0.264 e. The minimum absolute atomic E-state index is 0.0953. The van der Waals surface area contributed by atoms with E-state index in [2.05, 4.69) is 10.5 Å². The molecule has 0 heterocycles. The van der Waals surface area contributed by atoms with Crippen molar-refractivity contribution in [2.75, 3.05) is 25.1 Å². The second-order valence-electron chi connectivity index (χ2n) is 7.56. The van der Waals surface area contributed by atoms with E-state index in [-0.39, 0.29) is 4.90 Å². The molecule has 34 heavy (non-hydrogen) atoms. The Balaban J connectivity index is 1.82. The van der Waals surface area contributed by atoms with Crippen LogP contribution in [0.3, 0.4) is 0 Å². The SMILES string of the molecule is COc1ccc(/C=N\NC(=O)CN(c2ccc(C)cc2)S(=O)(=O)c2ccc(C)cc2)c(OC)c1. The Morgan fingerprint density at radius 1 is 0.941 bits per heavy atom. The summed E-state index contributed by atoms with van der Waals surface area (Å²) in [5.74, 6) is 0.536. The monoisotopic (exact) mass is 481 g/mol. The van der Waals surface area contributed by atoms with Gasteiger partial charge in [-0.2, -0.15) is 5.10 Å². The summed E-state index contributed by atoms with van der Waals surface area (Å²) < 4.78 is 38.3. The van der Waals surface area contributed by atoms with Crippen molar-refractivity contribution >= 4 is 27.8 Å². The third-order valence-electron chi connectivity index (χ3n) is 5.05. The zero-order valence-electron chi connectivity index (χ0n) is 19.5. The first-order valence-corrected chi connectivity index (χ1v) is 11.9. The maximum absolute atomic E-state index is 13.4. The number of hydrogen-bond acceptors (Lipinski definition) is 6. The Morgan fingerprint density at radius 2 is 1.56 bits per heavy atom. The fourth-order valence-corrected chi connectivity index (χ4v) is 4.55. The summed E-state index contributed by atoms with van der Waals surface area (Å²) in [4.78, 5) is 12.8. The summed E-state index contributed by atoms with van der Waals surface area (Å²) >= 11 is 0. The minimum Gasteiger partial charge on any atom is -0.497 e. The normalized spacial score (nSPS) is 11.3. The predicted octanol–water partition coefficient (Wildman–Crippen LogP) is 3.67. The number of anilines is 1. The number of amides is 1. The number of sulfonamides is 1. The van der Waals surface area contributed by atoms with E-state index in [1.54, 1.807) is 61.7 Å². The number of carbonyl (C=O) groups excluding carboxylic acids is 1. The average molecular weight is 482 g/mol. The molecule has 0 saturated heterocycles. The Labute approximate surface area is 199 Å². The van der Waals surface area contributed by atoms with Gasteiger partial charge in [-0.15, -0.1) is 0 Å². The van der Waals surface area contributed by atoms with E-state index in [1.807, 2.05) is 13.8 Å². The van der Waals surface area contributed by atoms with Crippen LogP contribution >= 0.6 is 0 Å². The lowest BCUT2D eigenvalue weighted by atomic mass is 10.2. The topological polar surface area (TPSA) is 97.3 Å². The van der Waals surface area contributed by atoms with Crippen LogP contribution in [0.1, 0.15) is 16.7 Å². The third kappa shape index (κ3) is 5.93. The van der Waals surface area contributed by atoms with E-state index >= 15 is 0 Å². The van der Waals surface area contributed by atoms with E-state index in [0.717, 1.165) is 15.4 Å². The maximum Gasteiger partial charge on any atom is 0.264 e. The van der Waals surface area contributed by atoms with Crippen LogP contribution in [0.5, 0.6) is 11.5 Å². The van der Waals surface area contributed by atoms with E-state index in [1.165, 1.54) is 25.5 Å². The molecule has 0 fully saturated rings. The highest BCUT2D eigenvalue weighted by Gasteiger charge is 2.27. The molecule has 8 nitrogen and oxygen atoms in total. The van der Waals surface area contributed by atoms with Crippen LogP contribution < -0.4 is 19.2 Å². The van der Waals surface area contributed by atoms with Crippen molar-refractivity contribution in [3.63, 3.8) is 0 Å². The molecule has 0 aliphatic rings. The van der Waals surface area contributed by atoms with Crippen LogP contribution in [-0.4, -0.2) is 41.3 Å². The zero-order valence-corrected chi connectivity index (χ0v) is 20.3. The molecule has 1 amide bonds.